The number of ether oxygens (including phenoxy) is 1. The van der Waals surface area contributed by atoms with Crippen molar-refractivity contribution in [1.82, 2.24) is 10.6 Å². The van der Waals surface area contributed by atoms with Crippen LogP contribution >= 0.6 is 0 Å². The Labute approximate surface area is 126 Å². The van der Waals surface area contributed by atoms with Gasteiger partial charge in [0.05, 0.1) is 12.8 Å². The van der Waals surface area contributed by atoms with Crippen molar-refractivity contribution in [3.05, 3.63) is 24.3 Å². The number of hydrogen-bond acceptors (Lipinski definition) is 5. The predicted molar refractivity (Wildman–Crippen MR) is 86.2 cm³/mol. The Bertz CT molecular complexity index is 503. The van der Waals surface area contributed by atoms with E-state index in [4.69, 9.17) is 4.74 Å². The summed E-state index contributed by atoms with van der Waals surface area (Å²) < 4.78 is 5.46. The molecule has 0 saturated carbocycles. The summed E-state index contributed by atoms with van der Waals surface area (Å²) in [5.41, 5.74) is 1.20. The van der Waals surface area contributed by atoms with E-state index in [1.165, 1.54) is 12.1 Å². The van der Waals surface area contributed by atoms with Gasteiger partial charge in [0, 0.05) is 32.7 Å². The lowest BCUT2D eigenvalue weighted by Crippen LogP contribution is -2.43. The first-order valence-corrected chi connectivity index (χ1v) is 7.77. The molecule has 21 heavy (non-hydrogen) atoms. The standard InChI is InChI=1S/C16H24N4O/c1-21-15-6-3-2-5-14(15)20-10-7-13(12-20)11-19-16-17-8-4-9-18-16/h2-3,5-6,13H,4,7-12H2,1H3,(H2,17,18,19). The van der Waals surface area contributed by atoms with Gasteiger partial charge in [-0.2, -0.15) is 0 Å². The normalized spacial score (nSPS) is 21.7. The number of para-hydroxylation sites is 2. The second kappa shape index (κ2) is 6.70. The smallest absolute Gasteiger partial charge is 0.191 e. The predicted octanol–water partition coefficient (Wildman–Crippen LogP) is 1.46. The van der Waals surface area contributed by atoms with Gasteiger partial charge in [-0.15, -0.1) is 0 Å². The average molecular weight is 288 g/mol. The van der Waals surface area contributed by atoms with Gasteiger partial charge in [0.2, 0.25) is 0 Å². The van der Waals surface area contributed by atoms with Crippen molar-refractivity contribution in [3.8, 4) is 5.75 Å². The number of nitrogens with zero attached hydrogens (tertiary/aromatic N) is 2. The van der Waals surface area contributed by atoms with Crippen molar-refractivity contribution in [3.63, 3.8) is 0 Å². The molecule has 0 radical (unpaired) electrons. The number of anilines is 1. The van der Waals surface area contributed by atoms with E-state index < -0.39 is 0 Å². The second-order valence-corrected chi connectivity index (χ2v) is 5.66. The third-order valence-corrected chi connectivity index (χ3v) is 4.17. The molecule has 1 atom stereocenters. The molecule has 0 aromatic heterocycles. The molecule has 1 fully saturated rings. The quantitative estimate of drug-likeness (QED) is 0.881. The van der Waals surface area contributed by atoms with Crippen molar-refractivity contribution in [1.29, 1.82) is 0 Å². The SMILES string of the molecule is COc1ccccc1N1CCC(CNC2=NCCCN2)C1. The first-order valence-electron chi connectivity index (χ1n) is 7.77. The Hall–Kier alpha value is -1.91. The van der Waals surface area contributed by atoms with E-state index in [0.717, 1.165) is 50.9 Å². The number of nitrogens with one attached hydrogen (secondary N) is 2. The molecule has 1 aromatic rings. The highest BCUT2D eigenvalue weighted by molar-refractivity contribution is 5.80. The van der Waals surface area contributed by atoms with E-state index in [0.29, 0.717) is 5.92 Å². The third kappa shape index (κ3) is 3.40. The third-order valence-electron chi connectivity index (χ3n) is 4.17. The number of hydrogen-bond donors (Lipinski definition) is 2. The van der Waals surface area contributed by atoms with Gasteiger partial charge in [-0.05, 0) is 30.9 Å². The molecule has 0 bridgehead atoms. The van der Waals surface area contributed by atoms with Crippen molar-refractivity contribution in [2.75, 3.05) is 44.7 Å². The number of methoxy groups -OCH3 is 1. The zero-order valence-corrected chi connectivity index (χ0v) is 12.6. The van der Waals surface area contributed by atoms with E-state index >= 15 is 0 Å². The molecule has 0 aliphatic carbocycles. The highest BCUT2D eigenvalue weighted by Gasteiger charge is 2.24. The number of benzene rings is 1. The van der Waals surface area contributed by atoms with Crippen LogP contribution in [0.1, 0.15) is 12.8 Å². The lowest BCUT2D eigenvalue weighted by molar-refractivity contribution is 0.414. The first-order chi connectivity index (χ1) is 10.4. The van der Waals surface area contributed by atoms with Gasteiger partial charge in [0.1, 0.15) is 5.75 Å². The molecule has 2 aliphatic rings. The highest BCUT2D eigenvalue weighted by Crippen LogP contribution is 2.31. The molecular weight excluding hydrogens is 264 g/mol. The molecule has 1 unspecified atom stereocenters. The first kappa shape index (κ1) is 14.0. The Balaban J connectivity index is 1.54. The van der Waals surface area contributed by atoms with E-state index in [1.807, 2.05) is 12.1 Å². The van der Waals surface area contributed by atoms with Gasteiger partial charge in [-0.3, -0.25) is 4.99 Å². The Kier molecular flexibility index (Phi) is 4.48. The fourth-order valence-electron chi connectivity index (χ4n) is 3.00. The zero-order chi connectivity index (χ0) is 14.5. The molecule has 2 N–H and O–H groups in total. The summed E-state index contributed by atoms with van der Waals surface area (Å²) in [7, 11) is 1.74. The fraction of sp³-hybridized carbons (Fsp3) is 0.562. The molecule has 1 saturated heterocycles. The second-order valence-electron chi connectivity index (χ2n) is 5.66. The lowest BCUT2D eigenvalue weighted by Gasteiger charge is -2.22. The summed E-state index contributed by atoms with van der Waals surface area (Å²) in [6.45, 7) is 5.11. The molecule has 3 rings (SSSR count). The van der Waals surface area contributed by atoms with E-state index in [1.54, 1.807) is 7.11 Å². The van der Waals surface area contributed by atoms with Crippen LogP contribution < -0.4 is 20.3 Å². The molecule has 2 heterocycles. The highest BCUT2D eigenvalue weighted by atomic mass is 16.5. The van der Waals surface area contributed by atoms with Gasteiger partial charge >= 0.3 is 0 Å². The molecule has 0 amide bonds. The van der Waals surface area contributed by atoms with Crippen LogP contribution in [0.2, 0.25) is 0 Å². The van der Waals surface area contributed by atoms with Crippen LogP contribution in [0.25, 0.3) is 0 Å². The molecule has 1 aromatic carbocycles. The van der Waals surface area contributed by atoms with Gasteiger partial charge in [0.15, 0.2) is 5.96 Å². The maximum absolute atomic E-state index is 5.46. The van der Waals surface area contributed by atoms with Crippen molar-refractivity contribution in [2.45, 2.75) is 12.8 Å². The molecule has 114 valence electrons. The molecule has 2 aliphatic heterocycles. The largest absolute Gasteiger partial charge is 0.495 e. The molecular formula is C16H24N4O. The fourth-order valence-corrected chi connectivity index (χ4v) is 3.00. The van der Waals surface area contributed by atoms with Crippen LogP contribution in [0.3, 0.4) is 0 Å². The summed E-state index contributed by atoms with van der Waals surface area (Å²) in [5.74, 6) is 2.59. The minimum absolute atomic E-state index is 0.654. The van der Waals surface area contributed by atoms with Crippen LogP contribution in [-0.2, 0) is 0 Å². The van der Waals surface area contributed by atoms with Gasteiger partial charge in [-0.1, -0.05) is 12.1 Å². The van der Waals surface area contributed by atoms with Crippen molar-refractivity contribution in [2.24, 2.45) is 10.9 Å². The van der Waals surface area contributed by atoms with Crippen LogP contribution in [0.5, 0.6) is 5.75 Å². The number of rotatable bonds is 4. The number of guanidine groups is 1. The van der Waals surface area contributed by atoms with Crippen LogP contribution in [0, 0.1) is 5.92 Å². The van der Waals surface area contributed by atoms with Gasteiger partial charge < -0.3 is 20.3 Å². The molecule has 0 spiro atoms. The molecule has 5 nitrogen and oxygen atoms in total. The van der Waals surface area contributed by atoms with E-state index in [2.05, 4.69) is 32.7 Å². The van der Waals surface area contributed by atoms with Crippen molar-refractivity contribution < 1.29 is 4.74 Å². The van der Waals surface area contributed by atoms with Crippen LogP contribution in [0.4, 0.5) is 5.69 Å². The Morgan fingerprint density at radius 1 is 1.43 bits per heavy atom. The topological polar surface area (TPSA) is 48.9 Å². The lowest BCUT2D eigenvalue weighted by atomic mass is 10.1. The summed E-state index contributed by atoms with van der Waals surface area (Å²) in [6.07, 6.45) is 2.34. The molecule has 5 heteroatoms. The van der Waals surface area contributed by atoms with Gasteiger partial charge in [-0.25, -0.2) is 0 Å². The zero-order valence-electron chi connectivity index (χ0n) is 12.6. The summed E-state index contributed by atoms with van der Waals surface area (Å²) in [4.78, 5) is 6.87. The monoisotopic (exact) mass is 288 g/mol. The minimum atomic E-state index is 0.654. The minimum Gasteiger partial charge on any atom is -0.495 e. The van der Waals surface area contributed by atoms with E-state index in [-0.39, 0.29) is 0 Å². The van der Waals surface area contributed by atoms with Crippen molar-refractivity contribution >= 4 is 11.6 Å². The average Bonchev–Trinajstić information content (AvgIpc) is 3.02. The summed E-state index contributed by atoms with van der Waals surface area (Å²) in [5, 5.41) is 6.75. The Morgan fingerprint density at radius 2 is 2.33 bits per heavy atom. The van der Waals surface area contributed by atoms with E-state index in [9.17, 15) is 0 Å². The summed E-state index contributed by atoms with van der Waals surface area (Å²) >= 11 is 0. The van der Waals surface area contributed by atoms with Crippen LogP contribution in [-0.4, -0.2) is 45.8 Å². The van der Waals surface area contributed by atoms with Crippen LogP contribution in [0.15, 0.2) is 29.3 Å². The maximum Gasteiger partial charge on any atom is 0.191 e. The Morgan fingerprint density at radius 3 is 3.14 bits per heavy atom. The van der Waals surface area contributed by atoms with Gasteiger partial charge in [0.25, 0.3) is 0 Å². The maximum atomic E-state index is 5.46. The summed E-state index contributed by atoms with van der Waals surface area (Å²) in [6, 6.07) is 8.26. The number of aliphatic imine (C=N–C) groups is 1.